The molecule has 0 aliphatic heterocycles. The summed E-state index contributed by atoms with van der Waals surface area (Å²) in [6, 6.07) is 10.4. The molecule has 0 amide bonds. The van der Waals surface area contributed by atoms with Crippen LogP contribution in [0.4, 0.5) is 0 Å². The Morgan fingerprint density at radius 1 is 1.29 bits per heavy atom. The SMILES string of the molecule is CCCOC(=O)c1cccc2ccc(O)cc12. The molecule has 1 N–H and O–H groups in total. The van der Waals surface area contributed by atoms with E-state index in [-0.39, 0.29) is 11.7 Å². The second-order valence-corrected chi connectivity index (χ2v) is 3.85. The summed E-state index contributed by atoms with van der Waals surface area (Å²) in [4.78, 5) is 11.8. The molecule has 3 nitrogen and oxygen atoms in total. The highest BCUT2D eigenvalue weighted by Gasteiger charge is 2.11. The van der Waals surface area contributed by atoms with Crippen LogP contribution in [0.15, 0.2) is 36.4 Å². The van der Waals surface area contributed by atoms with E-state index in [0.29, 0.717) is 17.6 Å². The number of esters is 1. The van der Waals surface area contributed by atoms with Crippen molar-refractivity contribution in [3.05, 3.63) is 42.0 Å². The normalized spacial score (nSPS) is 10.4. The van der Waals surface area contributed by atoms with Crippen molar-refractivity contribution in [3.8, 4) is 5.75 Å². The van der Waals surface area contributed by atoms with Crippen molar-refractivity contribution in [1.82, 2.24) is 0 Å². The van der Waals surface area contributed by atoms with Gasteiger partial charge >= 0.3 is 5.97 Å². The number of carbonyl (C=O) groups excluding carboxylic acids is 1. The quantitative estimate of drug-likeness (QED) is 0.824. The van der Waals surface area contributed by atoms with Crippen molar-refractivity contribution in [1.29, 1.82) is 0 Å². The third-order valence-electron chi connectivity index (χ3n) is 2.52. The van der Waals surface area contributed by atoms with Crippen LogP contribution in [0.3, 0.4) is 0 Å². The molecule has 0 saturated heterocycles. The predicted octanol–water partition coefficient (Wildman–Crippen LogP) is 3.11. The maximum atomic E-state index is 11.8. The third-order valence-corrected chi connectivity index (χ3v) is 2.52. The Labute approximate surface area is 99.6 Å². The summed E-state index contributed by atoms with van der Waals surface area (Å²) in [5, 5.41) is 11.1. The minimum atomic E-state index is -0.344. The van der Waals surface area contributed by atoms with E-state index in [1.807, 2.05) is 19.1 Å². The van der Waals surface area contributed by atoms with Crippen LogP contribution in [0.2, 0.25) is 0 Å². The van der Waals surface area contributed by atoms with Gasteiger partial charge in [0.05, 0.1) is 12.2 Å². The average molecular weight is 230 g/mol. The van der Waals surface area contributed by atoms with Gasteiger partial charge in [0.15, 0.2) is 0 Å². The van der Waals surface area contributed by atoms with Crippen LogP contribution in [-0.4, -0.2) is 17.7 Å². The zero-order valence-electron chi connectivity index (χ0n) is 9.64. The van der Waals surface area contributed by atoms with Crippen LogP contribution in [-0.2, 0) is 4.74 Å². The minimum absolute atomic E-state index is 0.147. The Hall–Kier alpha value is -2.03. The van der Waals surface area contributed by atoms with Gasteiger partial charge in [-0.05, 0) is 35.4 Å². The number of phenols is 1. The van der Waals surface area contributed by atoms with E-state index in [4.69, 9.17) is 4.74 Å². The van der Waals surface area contributed by atoms with E-state index >= 15 is 0 Å². The fraction of sp³-hybridized carbons (Fsp3) is 0.214. The maximum absolute atomic E-state index is 11.8. The zero-order valence-corrected chi connectivity index (χ0v) is 9.64. The molecule has 0 aromatic heterocycles. The third kappa shape index (κ3) is 2.38. The average Bonchev–Trinajstić information content (AvgIpc) is 2.35. The molecule has 0 spiro atoms. The van der Waals surface area contributed by atoms with Crippen LogP contribution in [0, 0.1) is 0 Å². The van der Waals surface area contributed by atoms with Gasteiger partial charge in [-0.2, -0.15) is 0 Å². The van der Waals surface area contributed by atoms with E-state index in [1.54, 1.807) is 24.3 Å². The Balaban J connectivity index is 2.46. The van der Waals surface area contributed by atoms with Gasteiger partial charge < -0.3 is 9.84 Å². The summed E-state index contributed by atoms with van der Waals surface area (Å²) in [5.74, 6) is -0.198. The van der Waals surface area contributed by atoms with Gasteiger partial charge in [-0.15, -0.1) is 0 Å². The summed E-state index contributed by atoms with van der Waals surface area (Å²) in [7, 11) is 0. The monoisotopic (exact) mass is 230 g/mol. The van der Waals surface area contributed by atoms with Crippen molar-refractivity contribution in [3.63, 3.8) is 0 Å². The van der Waals surface area contributed by atoms with Crippen LogP contribution < -0.4 is 0 Å². The van der Waals surface area contributed by atoms with Crippen molar-refractivity contribution in [2.75, 3.05) is 6.61 Å². The summed E-state index contributed by atoms with van der Waals surface area (Å²) in [6.45, 7) is 2.36. The molecule has 0 aliphatic carbocycles. The van der Waals surface area contributed by atoms with E-state index < -0.39 is 0 Å². The number of hydrogen-bond donors (Lipinski definition) is 1. The standard InChI is InChI=1S/C14H14O3/c1-2-8-17-14(16)12-5-3-4-10-6-7-11(15)9-13(10)12/h3-7,9,15H,2,8H2,1H3. The molecule has 2 aromatic rings. The highest BCUT2D eigenvalue weighted by molar-refractivity contribution is 6.04. The minimum Gasteiger partial charge on any atom is -0.508 e. The lowest BCUT2D eigenvalue weighted by molar-refractivity contribution is 0.0507. The van der Waals surface area contributed by atoms with E-state index in [9.17, 15) is 9.90 Å². The Morgan fingerprint density at radius 3 is 2.88 bits per heavy atom. The number of ether oxygens (including phenoxy) is 1. The molecule has 0 aliphatic rings. The highest BCUT2D eigenvalue weighted by atomic mass is 16.5. The molecule has 2 aromatic carbocycles. The van der Waals surface area contributed by atoms with Gasteiger partial charge in [0.25, 0.3) is 0 Å². The van der Waals surface area contributed by atoms with Crippen LogP contribution in [0.5, 0.6) is 5.75 Å². The molecule has 0 atom stereocenters. The van der Waals surface area contributed by atoms with Gasteiger partial charge in [-0.25, -0.2) is 4.79 Å². The summed E-state index contributed by atoms with van der Waals surface area (Å²) in [5.41, 5.74) is 0.492. The van der Waals surface area contributed by atoms with E-state index in [2.05, 4.69) is 0 Å². The number of hydrogen-bond acceptors (Lipinski definition) is 3. The molecule has 3 heteroatoms. The van der Waals surface area contributed by atoms with Gasteiger partial charge in [-0.1, -0.05) is 25.1 Å². The number of fused-ring (bicyclic) bond motifs is 1. The van der Waals surface area contributed by atoms with Crippen LogP contribution >= 0.6 is 0 Å². The van der Waals surface area contributed by atoms with Crippen LogP contribution in [0.25, 0.3) is 10.8 Å². The fourth-order valence-corrected chi connectivity index (χ4v) is 1.71. The first-order valence-electron chi connectivity index (χ1n) is 5.61. The number of benzene rings is 2. The largest absolute Gasteiger partial charge is 0.508 e. The molecule has 0 saturated carbocycles. The number of phenolic OH excluding ortho intramolecular Hbond substituents is 1. The lowest BCUT2D eigenvalue weighted by Gasteiger charge is -2.07. The first-order valence-corrected chi connectivity index (χ1v) is 5.61. The van der Waals surface area contributed by atoms with Crippen molar-refractivity contribution >= 4 is 16.7 Å². The molecular formula is C14H14O3. The van der Waals surface area contributed by atoms with Gasteiger partial charge in [0.1, 0.15) is 5.75 Å². The van der Waals surface area contributed by atoms with Gasteiger partial charge in [-0.3, -0.25) is 0 Å². The molecule has 0 radical (unpaired) electrons. The molecule has 0 heterocycles. The second-order valence-electron chi connectivity index (χ2n) is 3.85. The second kappa shape index (κ2) is 4.87. The molecule has 0 fully saturated rings. The van der Waals surface area contributed by atoms with E-state index in [0.717, 1.165) is 11.8 Å². The molecule has 0 bridgehead atoms. The summed E-state index contributed by atoms with van der Waals surface area (Å²) in [6.07, 6.45) is 0.793. The Kier molecular flexibility index (Phi) is 3.28. The molecular weight excluding hydrogens is 216 g/mol. The van der Waals surface area contributed by atoms with E-state index in [1.165, 1.54) is 0 Å². The number of carbonyl (C=O) groups is 1. The molecule has 2 rings (SSSR count). The molecule has 17 heavy (non-hydrogen) atoms. The highest BCUT2D eigenvalue weighted by Crippen LogP contribution is 2.23. The lowest BCUT2D eigenvalue weighted by atomic mass is 10.0. The van der Waals surface area contributed by atoms with Crippen molar-refractivity contribution in [2.45, 2.75) is 13.3 Å². The maximum Gasteiger partial charge on any atom is 0.338 e. The first kappa shape index (κ1) is 11.5. The molecule has 88 valence electrons. The summed E-state index contributed by atoms with van der Waals surface area (Å²) < 4.78 is 5.10. The zero-order chi connectivity index (χ0) is 12.3. The number of rotatable bonds is 3. The summed E-state index contributed by atoms with van der Waals surface area (Å²) >= 11 is 0. The van der Waals surface area contributed by atoms with Gasteiger partial charge in [0, 0.05) is 0 Å². The van der Waals surface area contributed by atoms with Crippen molar-refractivity contribution in [2.24, 2.45) is 0 Å². The first-order chi connectivity index (χ1) is 8.22. The van der Waals surface area contributed by atoms with Crippen LogP contribution in [0.1, 0.15) is 23.7 Å². The Bertz CT molecular complexity index is 546. The Morgan fingerprint density at radius 2 is 2.12 bits per heavy atom. The lowest BCUT2D eigenvalue weighted by Crippen LogP contribution is -2.06. The van der Waals surface area contributed by atoms with Crippen molar-refractivity contribution < 1.29 is 14.6 Å². The topological polar surface area (TPSA) is 46.5 Å². The fourth-order valence-electron chi connectivity index (χ4n) is 1.71. The van der Waals surface area contributed by atoms with Gasteiger partial charge in [0.2, 0.25) is 0 Å². The predicted molar refractivity (Wildman–Crippen MR) is 66.2 cm³/mol. The molecule has 0 unspecified atom stereocenters. The smallest absolute Gasteiger partial charge is 0.338 e. The number of aromatic hydroxyl groups is 1.